The molecule has 0 radical (unpaired) electrons. The number of hydrogen-bond donors (Lipinski definition) is 0. The van der Waals surface area contributed by atoms with E-state index in [4.69, 9.17) is 4.42 Å². The molecule has 0 atom stereocenters. The van der Waals surface area contributed by atoms with Crippen LogP contribution < -0.4 is 0 Å². The van der Waals surface area contributed by atoms with Crippen molar-refractivity contribution in [2.45, 2.75) is 0 Å². The van der Waals surface area contributed by atoms with Gasteiger partial charge in [0.05, 0.1) is 28.2 Å². The third-order valence-electron chi connectivity index (χ3n) is 6.32. The zero-order valence-corrected chi connectivity index (χ0v) is 17.2. The van der Waals surface area contributed by atoms with Crippen LogP contribution in [0.1, 0.15) is 0 Å². The van der Waals surface area contributed by atoms with Crippen LogP contribution in [0.2, 0.25) is 0 Å². The van der Waals surface area contributed by atoms with Crippen LogP contribution in [-0.2, 0) is 0 Å². The van der Waals surface area contributed by atoms with Crippen LogP contribution in [0.5, 0.6) is 0 Å². The zero-order valence-electron chi connectivity index (χ0n) is 17.2. The molecule has 0 aliphatic carbocycles. The minimum Gasteiger partial charge on any atom is -0.464 e. The average Bonchev–Trinajstić information content (AvgIpc) is 3.46. The van der Waals surface area contributed by atoms with Gasteiger partial charge in [-0.3, -0.25) is 4.98 Å². The number of nitrogens with zero attached hydrogens (tertiary/aromatic N) is 2. The van der Waals surface area contributed by atoms with E-state index in [1.165, 1.54) is 10.9 Å². The Kier molecular flexibility index (Phi) is 3.55. The minimum atomic E-state index is 0.941. The molecule has 150 valence electrons. The van der Waals surface area contributed by atoms with Crippen LogP contribution >= 0.6 is 0 Å². The van der Waals surface area contributed by atoms with Crippen LogP contribution in [0, 0.1) is 0 Å². The number of benzene rings is 4. The Labute approximate surface area is 184 Å². The third kappa shape index (κ3) is 2.39. The summed E-state index contributed by atoms with van der Waals surface area (Å²) >= 11 is 0. The van der Waals surface area contributed by atoms with E-state index >= 15 is 0 Å². The number of fused-ring (bicyclic) bond motifs is 6. The molecule has 0 N–H and O–H groups in total. The van der Waals surface area contributed by atoms with Gasteiger partial charge in [-0.25, -0.2) is 0 Å². The van der Waals surface area contributed by atoms with Gasteiger partial charge >= 0.3 is 0 Å². The Morgan fingerprint density at radius 1 is 0.656 bits per heavy atom. The third-order valence-corrected chi connectivity index (χ3v) is 6.32. The molecule has 0 saturated carbocycles. The Bertz CT molecular complexity index is 1770. The number of rotatable bonds is 2. The normalized spacial score (nSPS) is 11.8. The lowest BCUT2D eigenvalue weighted by molar-refractivity contribution is 0.619. The predicted octanol–water partition coefficient (Wildman–Crippen LogP) is 7.75. The molecule has 0 aliphatic rings. The summed E-state index contributed by atoms with van der Waals surface area (Å²) in [4.78, 5) is 4.62. The fourth-order valence-electron chi connectivity index (χ4n) is 4.88. The standard InChI is InChI=1S/C29H18N2O/c1-2-9-25-24(7-1)27-26(15-12-21-16-18-32-29(21)27)31(25)22-13-10-19(11-14-22)23-8-3-5-20-6-4-17-30-28(20)23/h1-18H. The summed E-state index contributed by atoms with van der Waals surface area (Å²) in [6, 6.07) is 34.0. The van der Waals surface area contributed by atoms with Crippen LogP contribution in [0.3, 0.4) is 0 Å². The van der Waals surface area contributed by atoms with Gasteiger partial charge in [0.25, 0.3) is 0 Å². The largest absolute Gasteiger partial charge is 0.464 e. The summed E-state index contributed by atoms with van der Waals surface area (Å²) in [5.74, 6) is 0. The van der Waals surface area contributed by atoms with E-state index in [0.29, 0.717) is 0 Å². The lowest BCUT2D eigenvalue weighted by atomic mass is 10.0. The highest BCUT2D eigenvalue weighted by molar-refractivity contribution is 6.19. The fourth-order valence-corrected chi connectivity index (χ4v) is 4.88. The van der Waals surface area contributed by atoms with Gasteiger partial charge in [0, 0.05) is 33.6 Å². The molecule has 7 rings (SSSR count). The minimum absolute atomic E-state index is 0.941. The molecule has 0 amide bonds. The maximum atomic E-state index is 5.89. The maximum absolute atomic E-state index is 5.89. The number of para-hydroxylation sites is 2. The summed E-state index contributed by atoms with van der Waals surface area (Å²) in [6.07, 6.45) is 3.62. The molecule has 7 aromatic rings. The van der Waals surface area contributed by atoms with Crippen molar-refractivity contribution < 1.29 is 4.42 Å². The second-order valence-electron chi connectivity index (χ2n) is 8.08. The van der Waals surface area contributed by atoms with Gasteiger partial charge < -0.3 is 8.98 Å². The van der Waals surface area contributed by atoms with Gasteiger partial charge in [0.2, 0.25) is 0 Å². The van der Waals surface area contributed by atoms with Crippen molar-refractivity contribution in [2.24, 2.45) is 0 Å². The number of pyridine rings is 1. The second kappa shape index (κ2) is 6.56. The predicted molar refractivity (Wildman–Crippen MR) is 131 cm³/mol. The van der Waals surface area contributed by atoms with Gasteiger partial charge in [-0.1, -0.05) is 54.6 Å². The Hall–Kier alpha value is -4.37. The molecular formula is C29H18N2O. The summed E-state index contributed by atoms with van der Waals surface area (Å²) in [5, 5.41) is 4.63. The van der Waals surface area contributed by atoms with Gasteiger partial charge in [0.1, 0.15) is 5.58 Å². The van der Waals surface area contributed by atoms with E-state index in [0.717, 1.165) is 49.6 Å². The summed E-state index contributed by atoms with van der Waals surface area (Å²) in [6.45, 7) is 0. The number of hydrogen-bond acceptors (Lipinski definition) is 2. The smallest absolute Gasteiger partial charge is 0.143 e. The van der Waals surface area contributed by atoms with Crippen LogP contribution in [0.4, 0.5) is 0 Å². The molecule has 3 heteroatoms. The van der Waals surface area contributed by atoms with Crippen LogP contribution in [0.25, 0.3) is 60.5 Å². The first-order valence-electron chi connectivity index (χ1n) is 10.7. The number of aromatic nitrogens is 2. The quantitative estimate of drug-likeness (QED) is 0.292. The average molecular weight is 410 g/mol. The molecule has 32 heavy (non-hydrogen) atoms. The number of furan rings is 1. The first-order chi connectivity index (χ1) is 15.9. The molecule has 3 heterocycles. The molecule has 4 aromatic carbocycles. The topological polar surface area (TPSA) is 31.0 Å². The first kappa shape index (κ1) is 17.3. The highest BCUT2D eigenvalue weighted by Crippen LogP contribution is 2.37. The monoisotopic (exact) mass is 410 g/mol. The molecule has 0 aliphatic heterocycles. The summed E-state index contributed by atoms with van der Waals surface area (Å²) < 4.78 is 8.20. The Morgan fingerprint density at radius 2 is 1.53 bits per heavy atom. The molecule has 0 saturated heterocycles. The van der Waals surface area contributed by atoms with Crippen molar-refractivity contribution in [1.82, 2.24) is 9.55 Å². The molecule has 0 fully saturated rings. The molecule has 3 aromatic heterocycles. The SMILES string of the molecule is c1cnc2c(-c3ccc(-n4c5ccccc5c5c6occc6ccc54)cc3)cccc2c1. The molecule has 0 spiro atoms. The molecule has 3 nitrogen and oxygen atoms in total. The van der Waals surface area contributed by atoms with Gasteiger partial charge in [-0.2, -0.15) is 0 Å². The van der Waals surface area contributed by atoms with Gasteiger partial charge in [0.15, 0.2) is 0 Å². The molecule has 0 bridgehead atoms. The maximum Gasteiger partial charge on any atom is 0.143 e. The summed E-state index contributed by atoms with van der Waals surface area (Å²) in [7, 11) is 0. The van der Waals surface area contributed by atoms with Crippen LogP contribution in [0.15, 0.2) is 114 Å². The zero-order chi connectivity index (χ0) is 21.1. The van der Waals surface area contributed by atoms with E-state index in [2.05, 4.69) is 94.5 Å². The molecular weight excluding hydrogens is 392 g/mol. The van der Waals surface area contributed by atoms with E-state index in [1.54, 1.807) is 6.26 Å². The highest BCUT2D eigenvalue weighted by Gasteiger charge is 2.16. The summed E-state index contributed by atoms with van der Waals surface area (Å²) in [5.41, 5.74) is 7.72. The van der Waals surface area contributed by atoms with E-state index in [1.807, 2.05) is 18.3 Å². The van der Waals surface area contributed by atoms with Crippen molar-refractivity contribution in [2.75, 3.05) is 0 Å². The van der Waals surface area contributed by atoms with Crippen molar-refractivity contribution in [3.63, 3.8) is 0 Å². The van der Waals surface area contributed by atoms with E-state index < -0.39 is 0 Å². The van der Waals surface area contributed by atoms with Gasteiger partial charge in [-0.05, 0) is 48.0 Å². The van der Waals surface area contributed by atoms with Crippen LogP contribution in [-0.4, -0.2) is 9.55 Å². The van der Waals surface area contributed by atoms with Crippen molar-refractivity contribution in [3.8, 4) is 16.8 Å². The van der Waals surface area contributed by atoms with Crippen molar-refractivity contribution in [3.05, 3.63) is 110 Å². The Balaban J connectivity index is 1.46. The van der Waals surface area contributed by atoms with Crippen molar-refractivity contribution >= 4 is 43.7 Å². The lowest BCUT2D eigenvalue weighted by Gasteiger charge is -2.10. The van der Waals surface area contributed by atoms with E-state index in [9.17, 15) is 0 Å². The molecule has 0 unspecified atom stereocenters. The van der Waals surface area contributed by atoms with Crippen molar-refractivity contribution in [1.29, 1.82) is 0 Å². The van der Waals surface area contributed by atoms with E-state index in [-0.39, 0.29) is 0 Å². The highest BCUT2D eigenvalue weighted by atomic mass is 16.3. The second-order valence-corrected chi connectivity index (χ2v) is 8.08. The lowest BCUT2D eigenvalue weighted by Crippen LogP contribution is -1.94. The Morgan fingerprint density at radius 3 is 2.47 bits per heavy atom. The first-order valence-corrected chi connectivity index (χ1v) is 10.7. The fraction of sp³-hybridized carbons (Fsp3) is 0. The van der Waals surface area contributed by atoms with Gasteiger partial charge in [-0.15, -0.1) is 0 Å².